The zero-order valence-corrected chi connectivity index (χ0v) is 17.2. The molecule has 29 heavy (non-hydrogen) atoms. The van der Waals surface area contributed by atoms with Crippen LogP contribution in [-0.2, 0) is 21.2 Å². The predicted octanol–water partition coefficient (Wildman–Crippen LogP) is 2.23. The zero-order chi connectivity index (χ0) is 21.0. The number of carbonyl (C=O) groups is 1. The average molecular weight is 421 g/mol. The average Bonchev–Trinajstić information content (AvgIpc) is 2.69. The maximum absolute atomic E-state index is 13.0. The van der Waals surface area contributed by atoms with E-state index in [9.17, 15) is 17.6 Å². The maximum atomic E-state index is 13.0. The summed E-state index contributed by atoms with van der Waals surface area (Å²) in [6.45, 7) is 1.17. The lowest BCUT2D eigenvalue weighted by molar-refractivity contribution is -0.132. The second-order valence-corrected chi connectivity index (χ2v) is 9.10. The van der Waals surface area contributed by atoms with Gasteiger partial charge in [0.15, 0.2) is 0 Å². The molecule has 156 valence electrons. The number of sulfonamides is 1. The minimum atomic E-state index is -3.34. The molecule has 0 unspecified atom stereocenters. The van der Waals surface area contributed by atoms with Crippen LogP contribution in [0.4, 0.5) is 10.1 Å². The van der Waals surface area contributed by atoms with Gasteiger partial charge in [-0.1, -0.05) is 12.1 Å². The number of benzene rings is 1. The molecule has 1 aliphatic heterocycles. The Bertz CT molecular complexity index is 941. The Kier molecular flexibility index (Phi) is 6.36. The van der Waals surface area contributed by atoms with Gasteiger partial charge >= 0.3 is 0 Å². The molecular weight excluding hydrogens is 397 g/mol. The number of anilines is 1. The zero-order valence-electron chi connectivity index (χ0n) is 16.4. The Hall–Kier alpha value is -2.68. The second kappa shape index (κ2) is 8.77. The van der Waals surface area contributed by atoms with Gasteiger partial charge in [-0.15, -0.1) is 0 Å². The number of pyridine rings is 1. The van der Waals surface area contributed by atoms with Crippen molar-refractivity contribution >= 4 is 21.6 Å². The number of aromatic nitrogens is 1. The van der Waals surface area contributed by atoms with E-state index in [-0.39, 0.29) is 24.2 Å². The van der Waals surface area contributed by atoms with Gasteiger partial charge in [0.05, 0.1) is 24.6 Å². The van der Waals surface area contributed by atoms with Crippen LogP contribution in [0.1, 0.15) is 18.4 Å². The molecule has 1 aromatic heterocycles. The van der Waals surface area contributed by atoms with Gasteiger partial charge in [-0.3, -0.25) is 9.10 Å². The summed E-state index contributed by atoms with van der Waals surface area (Å²) in [6.07, 6.45) is 4.14. The number of hydrogen-bond donors (Lipinski definition) is 0. The van der Waals surface area contributed by atoms with Gasteiger partial charge in [0.2, 0.25) is 21.8 Å². The highest BCUT2D eigenvalue weighted by atomic mass is 32.2. The SMILES string of the molecule is CN(c1ccc(OC2CCN(C(=O)Cc3ccc(F)cc3)CC2)nc1)S(C)(=O)=O. The van der Waals surface area contributed by atoms with Crippen molar-refractivity contribution in [1.82, 2.24) is 9.88 Å². The lowest BCUT2D eigenvalue weighted by Gasteiger charge is -2.32. The first-order chi connectivity index (χ1) is 13.7. The number of carbonyl (C=O) groups excluding carboxylic acids is 1. The lowest BCUT2D eigenvalue weighted by atomic mass is 10.1. The predicted molar refractivity (Wildman–Crippen MR) is 108 cm³/mol. The van der Waals surface area contributed by atoms with Crippen LogP contribution in [0.5, 0.6) is 5.88 Å². The van der Waals surface area contributed by atoms with Crippen molar-refractivity contribution in [2.24, 2.45) is 0 Å². The summed E-state index contributed by atoms with van der Waals surface area (Å²) in [6, 6.07) is 9.25. The molecule has 0 N–H and O–H groups in total. The molecule has 2 heterocycles. The van der Waals surface area contributed by atoms with Gasteiger partial charge in [0.1, 0.15) is 11.9 Å². The number of halogens is 1. The van der Waals surface area contributed by atoms with Gasteiger partial charge in [0, 0.05) is 39.0 Å². The topological polar surface area (TPSA) is 79.8 Å². The highest BCUT2D eigenvalue weighted by Gasteiger charge is 2.24. The lowest BCUT2D eigenvalue weighted by Crippen LogP contribution is -2.42. The summed E-state index contributed by atoms with van der Waals surface area (Å²) in [5.74, 6) is 0.122. The molecule has 1 fully saturated rings. The first kappa shape index (κ1) is 21.0. The van der Waals surface area contributed by atoms with Gasteiger partial charge in [-0.05, 0) is 23.8 Å². The van der Waals surface area contributed by atoms with Crippen LogP contribution in [-0.4, -0.2) is 56.7 Å². The molecule has 9 heteroatoms. The normalized spacial score (nSPS) is 15.2. The Labute approximate surface area is 170 Å². The fraction of sp³-hybridized carbons (Fsp3) is 0.400. The summed E-state index contributed by atoms with van der Waals surface area (Å²) < 4.78 is 43.1. The van der Waals surface area contributed by atoms with Crippen molar-refractivity contribution in [2.75, 3.05) is 30.7 Å². The molecule has 0 spiro atoms. The summed E-state index contributed by atoms with van der Waals surface area (Å²) in [7, 11) is -1.87. The Morgan fingerprint density at radius 2 is 1.86 bits per heavy atom. The van der Waals surface area contributed by atoms with Crippen molar-refractivity contribution in [2.45, 2.75) is 25.4 Å². The molecule has 1 amide bonds. The number of amides is 1. The monoisotopic (exact) mass is 421 g/mol. The second-order valence-electron chi connectivity index (χ2n) is 7.09. The minimum absolute atomic E-state index is 0.0151. The fourth-order valence-electron chi connectivity index (χ4n) is 3.10. The Morgan fingerprint density at radius 3 is 2.41 bits per heavy atom. The first-order valence-corrected chi connectivity index (χ1v) is 11.2. The number of hydrogen-bond acceptors (Lipinski definition) is 5. The number of likely N-dealkylation sites (tertiary alicyclic amines) is 1. The van der Waals surface area contributed by atoms with Gasteiger partial charge < -0.3 is 9.64 Å². The molecular formula is C20H24FN3O4S. The summed E-state index contributed by atoms with van der Waals surface area (Å²) >= 11 is 0. The summed E-state index contributed by atoms with van der Waals surface area (Å²) in [4.78, 5) is 18.4. The van der Waals surface area contributed by atoms with E-state index in [0.717, 1.165) is 16.1 Å². The molecule has 3 rings (SSSR count). The van der Waals surface area contributed by atoms with Crippen molar-refractivity contribution < 1.29 is 22.3 Å². The van der Waals surface area contributed by atoms with Gasteiger partial charge in [-0.25, -0.2) is 17.8 Å². The van der Waals surface area contributed by atoms with E-state index in [1.54, 1.807) is 29.2 Å². The number of nitrogens with zero attached hydrogens (tertiary/aromatic N) is 3. The van der Waals surface area contributed by atoms with E-state index in [0.29, 0.717) is 37.5 Å². The van der Waals surface area contributed by atoms with E-state index in [4.69, 9.17) is 4.74 Å². The first-order valence-electron chi connectivity index (χ1n) is 9.31. The van der Waals surface area contributed by atoms with Gasteiger partial charge in [-0.2, -0.15) is 0 Å². The molecule has 2 aromatic rings. The van der Waals surface area contributed by atoms with E-state index in [1.807, 2.05) is 0 Å². The standard InChI is InChI=1S/C20H24FN3O4S/c1-23(29(2,26)27)17-7-8-19(22-14-17)28-18-9-11-24(12-10-18)20(25)13-15-3-5-16(21)6-4-15/h3-8,14,18H,9-13H2,1-2H3. The van der Waals surface area contributed by atoms with E-state index >= 15 is 0 Å². The molecule has 1 aromatic carbocycles. The number of piperidine rings is 1. The van der Waals surface area contributed by atoms with Crippen LogP contribution in [0, 0.1) is 5.82 Å². The van der Waals surface area contributed by atoms with E-state index in [1.165, 1.54) is 25.4 Å². The third-order valence-electron chi connectivity index (χ3n) is 4.93. The molecule has 0 saturated carbocycles. The molecule has 0 bridgehead atoms. The molecule has 0 aliphatic carbocycles. The largest absolute Gasteiger partial charge is 0.474 e. The quantitative estimate of drug-likeness (QED) is 0.715. The smallest absolute Gasteiger partial charge is 0.232 e. The van der Waals surface area contributed by atoms with Crippen molar-refractivity contribution in [3.8, 4) is 5.88 Å². The van der Waals surface area contributed by atoms with Crippen LogP contribution in [0.3, 0.4) is 0 Å². The Morgan fingerprint density at radius 1 is 1.21 bits per heavy atom. The third-order valence-corrected chi connectivity index (χ3v) is 6.14. The summed E-state index contributed by atoms with van der Waals surface area (Å²) in [5.41, 5.74) is 1.25. The molecule has 0 atom stereocenters. The van der Waals surface area contributed by atoms with Crippen molar-refractivity contribution in [3.63, 3.8) is 0 Å². The fourth-order valence-corrected chi connectivity index (χ4v) is 3.59. The highest BCUT2D eigenvalue weighted by Crippen LogP contribution is 2.21. The highest BCUT2D eigenvalue weighted by molar-refractivity contribution is 7.92. The molecule has 1 saturated heterocycles. The van der Waals surface area contributed by atoms with Gasteiger partial charge in [0.25, 0.3) is 0 Å². The molecule has 0 radical (unpaired) electrons. The van der Waals surface area contributed by atoms with Crippen molar-refractivity contribution in [1.29, 1.82) is 0 Å². The Balaban J connectivity index is 1.49. The van der Waals surface area contributed by atoms with Crippen LogP contribution in [0.25, 0.3) is 0 Å². The van der Waals surface area contributed by atoms with Crippen LogP contribution < -0.4 is 9.04 Å². The number of ether oxygens (including phenoxy) is 1. The van der Waals surface area contributed by atoms with Crippen LogP contribution >= 0.6 is 0 Å². The molecule has 1 aliphatic rings. The summed E-state index contributed by atoms with van der Waals surface area (Å²) in [5, 5.41) is 0. The van der Waals surface area contributed by atoms with Crippen LogP contribution in [0.2, 0.25) is 0 Å². The third kappa shape index (κ3) is 5.66. The minimum Gasteiger partial charge on any atom is -0.474 e. The maximum Gasteiger partial charge on any atom is 0.232 e. The van der Waals surface area contributed by atoms with E-state index in [2.05, 4.69) is 4.98 Å². The van der Waals surface area contributed by atoms with Crippen LogP contribution in [0.15, 0.2) is 42.6 Å². The molecule has 7 nitrogen and oxygen atoms in total. The van der Waals surface area contributed by atoms with Crippen molar-refractivity contribution in [3.05, 3.63) is 54.0 Å². The van der Waals surface area contributed by atoms with E-state index < -0.39 is 10.0 Å². The number of rotatable bonds is 6.